The van der Waals surface area contributed by atoms with Gasteiger partial charge in [-0.25, -0.2) is 14.0 Å². The van der Waals surface area contributed by atoms with E-state index in [2.05, 4.69) is 10.6 Å². The molecule has 1 unspecified atom stereocenters. The lowest BCUT2D eigenvalue weighted by molar-refractivity contribution is -0.187. The number of nitrogens with one attached hydrogen (secondary N) is 2. The van der Waals surface area contributed by atoms with Crippen molar-refractivity contribution >= 4 is 29.5 Å². The van der Waals surface area contributed by atoms with Crippen molar-refractivity contribution in [3.05, 3.63) is 65.0 Å². The van der Waals surface area contributed by atoms with Crippen molar-refractivity contribution in [2.75, 3.05) is 25.5 Å². The maximum Gasteiger partial charge on any atom is 0.411 e. The van der Waals surface area contributed by atoms with E-state index >= 15 is 0 Å². The number of fused-ring (bicyclic) bond motifs is 2. The summed E-state index contributed by atoms with van der Waals surface area (Å²) < 4.78 is 59.8. The highest BCUT2D eigenvalue weighted by molar-refractivity contribution is 6.01. The maximum atomic E-state index is 13.6. The van der Waals surface area contributed by atoms with Gasteiger partial charge in [0.15, 0.2) is 11.4 Å². The number of benzene rings is 2. The van der Waals surface area contributed by atoms with E-state index in [1.54, 1.807) is 6.07 Å². The lowest BCUT2D eigenvalue weighted by Gasteiger charge is -2.33. The van der Waals surface area contributed by atoms with E-state index in [4.69, 9.17) is 4.74 Å². The Balaban J connectivity index is 1.56. The van der Waals surface area contributed by atoms with E-state index in [1.807, 2.05) is 0 Å². The largest absolute Gasteiger partial charge is 0.436 e. The SMILES string of the molecule is CNC(=O)Nc1ccc2c(c1)C(=O)CCC21CN(CC(=O)N(Cc2ccc(F)cc2)[C@@H](C)C(F)(F)F)C(=O)O1. The molecule has 2 atom stereocenters. The van der Waals surface area contributed by atoms with Crippen LogP contribution in [0.15, 0.2) is 42.5 Å². The molecule has 2 N–H and O–H groups in total. The molecule has 9 nitrogen and oxygen atoms in total. The summed E-state index contributed by atoms with van der Waals surface area (Å²) in [6.07, 6.45) is -5.51. The van der Waals surface area contributed by atoms with Gasteiger partial charge in [0.2, 0.25) is 5.91 Å². The van der Waals surface area contributed by atoms with Gasteiger partial charge in [-0.1, -0.05) is 18.2 Å². The quantitative estimate of drug-likeness (QED) is 0.525. The molecule has 208 valence electrons. The van der Waals surface area contributed by atoms with E-state index in [0.717, 1.165) is 24.0 Å². The number of rotatable bonds is 6. The predicted octanol–water partition coefficient (Wildman–Crippen LogP) is 4.18. The summed E-state index contributed by atoms with van der Waals surface area (Å²) in [5, 5.41) is 4.95. The van der Waals surface area contributed by atoms with Crippen molar-refractivity contribution in [3.63, 3.8) is 0 Å². The van der Waals surface area contributed by atoms with Crippen LogP contribution in [0.25, 0.3) is 0 Å². The van der Waals surface area contributed by atoms with Crippen molar-refractivity contribution in [3.8, 4) is 0 Å². The third kappa shape index (κ3) is 5.81. The monoisotopic (exact) mass is 550 g/mol. The second-order valence-electron chi connectivity index (χ2n) is 9.47. The molecule has 4 rings (SSSR count). The number of ether oxygens (including phenoxy) is 1. The molecule has 2 aromatic rings. The van der Waals surface area contributed by atoms with E-state index in [0.29, 0.717) is 16.2 Å². The number of Topliss-reactive ketones (excluding diaryl/α,β-unsaturated/α-hetero) is 1. The first-order valence-corrected chi connectivity index (χ1v) is 12.1. The number of urea groups is 1. The summed E-state index contributed by atoms with van der Waals surface area (Å²) in [4.78, 5) is 51.9. The molecule has 1 saturated heterocycles. The number of hydrogen-bond acceptors (Lipinski definition) is 5. The van der Waals surface area contributed by atoms with Crippen molar-refractivity contribution < 1.29 is 41.5 Å². The summed E-state index contributed by atoms with van der Waals surface area (Å²) in [5.74, 6) is -1.78. The van der Waals surface area contributed by atoms with Gasteiger partial charge in [-0.2, -0.15) is 13.2 Å². The average Bonchev–Trinajstić information content (AvgIpc) is 3.20. The summed E-state index contributed by atoms with van der Waals surface area (Å²) in [6.45, 7) is -0.475. The van der Waals surface area contributed by atoms with Crippen LogP contribution in [-0.4, -0.2) is 66.0 Å². The molecule has 0 bridgehead atoms. The number of ketones is 1. The standard InChI is InChI=1S/C26H26F4N4O5/c1-15(26(28,29)30)34(12-16-3-5-17(27)6-4-16)22(36)13-33-14-25(39-24(33)38)10-9-21(35)19-11-18(7-8-20(19)25)32-23(37)31-2/h3-8,11,15H,9-10,12-14H2,1-2H3,(H2,31,32,37)/t15-,25?/m0/s1. The topological polar surface area (TPSA) is 108 Å². The highest BCUT2D eigenvalue weighted by Gasteiger charge is 2.51. The second-order valence-corrected chi connectivity index (χ2v) is 9.47. The smallest absolute Gasteiger partial charge is 0.411 e. The molecule has 4 amide bonds. The van der Waals surface area contributed by atoms with Crippen LogP contribution in [0.3, 0.4) is 0 Å². The average molecular weight is 551 g/mol. The molecule has 2 aliphatic rings. The number of halogens is 4. The highest BCUT2D eigenvalue weighted by atomic mass is 19.4. The molecule has 1 spiro atoms. The molecule has 39 heavy (non-hydrogen) atoms. The van der Waals surface area contributed by atoms with Crippen LogP contribution in [0.2, 0.25) is 0 Å². The fraction of sp³-hybridized carbons (Fsp3) is 0.385. The number of hydrogen-bond donors (Lipinski definition) is 2. The predicted molar refractivity (Wildman–Crippen MR) is 130 cm³/mol. The molecule has 1 aliphatic heterocycles. The fourth-order valence-electron chi connectivity index (χ4n) is 4.71. The van der Waals surface area contributed by atoms with Gasteiger partial charge in [0.25, 0.3) is 0 Å². The molecule has 0 saturated carbocycles. The van der Waals surface area contributed by atoms with E-state index in [9.17, 15) is 36.7 Å². The zero-order chi connectivity index (χ0) is 28.5. The Morgan fingerprint density at radius 2 is 1.85 bits per heavy atom. The Morgan fingerprint density at radius 1 is 1.15 bits per heavy atom. The Kier molecular flexibility index (Phi) is 7.53. The molecule has 1 fully saturated rings. The van der Waals surface area contributed by atoms with Gasteiger partial charge in [0, 0.05) is 43.2 Å². The molecule has 13 heteroatoms. The number of amides is 4. The minimum Gasteiger partial charge on any atom is -0.436 e. The molecule has 1 aliphatic carbocycles. The van der Waals surface area contributed by atoms with Crippen molar-refractivity contribution in [2.45, 2.75) is 44.1 Å². The van der Waals surface area contributed by atoms with Gasteiger partial charge in [-0.05, 0) is 36.8 Å². The number of carbonyl (C=O) groups excluding carboxylic acids is 4. The molecular weight excluding hydrogens is 524 g/mol. The van der Waals surface area contributed by atoms with Gasteiger partial charge >= 0.3 is 18.3 Å². The van der Waals surface area contributed by atoms with Crippen LogP contribution in [0, 0.1) is 5.82 Å². The zero-order valence-electron chi connectivity index (χ0n) is 21.1. The number of nitrogens with zero attached hydrogens (tertiary/aromatic N) is 2. The minimum absolute atomic E-state index is 0.0211. The van der Waals surface area contributed by atoms with Crippen LogP contribution in [0.5, 0.6) is 0 Å². The molecular formula is C26H26F4N4O5. The lowest BCUT2D eigenvalue weighted by atomic mass is 9.78. The minimum atomic E-state index is -4.74. The maximum absolute atomic E-state index is 13.6. The summed E-state index contributed by atoms with van der Waals surface area (Å²) in [5.41, 5.74) is -0.0467. The molecule has 2 aromatic carbocycles. The summed E-state index contributed by atoms with van der Waals surface area (Å²) in [7, 11) is 1.43. The van der Waals surface area contributed by atoms with Crippen molar-refractivity contribution in [1.82, 2.24) is 15.1 Å². The first kappa shape index (κ1) is 27.9. The molecule has 0 radical (unpaired) electrons. The zero-order valence-corrected chi connectivity index (χ0v) is 21.1. The van der Waals surface area contributed by atoms with E-state index in [-0.39, 0.29) is 36.3 Å². The third-order valence-electron chi connectivity index (χ3n) is 6.89. The van der Waals surface area contributed by atoms with Gasteiger partial charge in [0.1, 0.15) is 18.4 Å². The number of carbonyl (C=O) groups is 4. The van der Waals surface area contributed by atoms with Crippen LogP contribution in [-0.2, 0) is 21.7 Å². The second kappa shape index (κ2) is 10.5. The molecule has 1 heterocycles. The summed E-state index contributed by atoms with van der Waals surface area (Å²) >= 11 is 0. The Labute approximate surface area is 221 Å². The van der Waals surface area contributed by atoms with E-state index in [1.165, 1.54) is 31.3 Å². The van der Waals surface area contributed by atoms with Crippen molar-refractivity contribution in [1.29, 1.82) is 0 Å². The lowest BCUT2D eigenvalue weighted by Crippen LogP contribution is -2.50. The van der Waals surface area contributed by atoms with Gasteiger partial charge in [-0.15, -0.1) is 0 Å². The Bertz CT molecular complexity index is 1300. The fourth-order valence-corrected chi connectivity index (χ4v) is 4.71. The first-order valence-electron chi connectivity index (χ1n) is 12.1. The Morgan fingerprint density at radius 3 is 2.49 bits per heavy atom. The van der Waals surface area contributed by atoms with Crippen molar-refractivity contribution in [2.24, 2.45) is 0 Å². The number of alkyl halides is 3. The number of anilines is 1. The highest BCUT2D eigenvalue weighted by Crippen LogP contribution is 2.43. The van der Waals surface area contributed by atoms with E-state index < -0.39 is 54.8 Å². The van der Waals surface area contributed by atoms with Crippen LogP contribution < -0.4 is 10.6 Å². The van der Waals surface area contributed by atoms with Gasteiger partial charge in [0.05, 0.1) is 6.54 Å². The summed E-state index contributed by atoms with van der Waals surface area (Å²) in [6, 6.07) is 6.58. The van der Waals surface area contributed by atoms with Crippen LogP contribution >= 0.6 is 0 Å². The molecule has 0 aromatic heterocycles. The first-order chi connectivity index (χ1) is 18.3. The third-order valence-corrected chi connectivity index (χ3v) is 6.89. The van der Waals surface area contributed by atoms with Crippen LogP contribution in [0.1, 0.15) is 41.3 Å². The van der Waals surface area contributed by atoms with Crippen LogP contribution in [0.4, 0.5) is 32.8 Å². The normalized spacial score (nSPS) is 19.4. The van der Waals surface area contributed by atoms with Gasteiger partial charge in [-0.3, -0.25) is 14.5 Å². The Hall–Kier alpha value is -4.16. The van der Waals surface area contributed by atoms with Gasteiger partial charge < -0.3 is 20.3 Å².